The maximum atomic E-state index is 12.9. The Bertz CT molecular complexity index is 3190. The van der Waals surface area contributed by atoms with Crippen LogP contribution in [-0.4, -0.2) is 70.6 Å². The fraction of sp³-hybridized carbons (Fsp3) is 0.213. The summed E-state index contributed by atoms with van der Waals surface area (Å²) in [5, 5.41) is 9.61. The number of nitrogens with two attached hydrogens (primary N) is 1. The number of hydrogen-bond acceptors (Lipinski definition) is 8. The number of H-pyrrole nitrogens is 2. The molecule has 0 unspecified atom stereocenters. The summed E-state index contributed by atoms with van der Waals surface area (Å²) >= 11 is 12.1. The molecule has 0 aliphatic carbocycles. The number of fused-ring (bicyclic) bond motifs is 4. The van der Waals surface area contributed by atoms with Crippen LogP contribution in [0.5, 0.6) is 0 Å². The predicted molar refractivity (Wildman–Crippen MR) is 263 cm³/mol. The molecule has 336 valence electrons. The zero-order valence-corrected chi connectivity index (χ0v) is 39.7. The average Bonchev–Trinajstić information content (AvgIpc) is 3.84. The minimum atomic E-state index is -3.71. The normalized spacial score (nSPS) is 11.8. The first-order valence-corrected chi connectivity index (χ1v) is 24.7. The third kappa shape index (κ3) is 12.2. The van der Waals surface area contributed by atoms with Gasteiger partial charge in [0, 0.05) is 90.7 Å². The van der Waals surface area contributed by atoms with Crippen molar-refractivity contribution in [3.05, 3.63) is 143 Å². The maximum Gasteiger partial charge on any atom is 0.410 e. The van der Waals surface area contributed by atoms with Gasteiger partial charge in [-0.2, -0.15) is 0 Å². The predicted octanol–water partition coefficient (Wildman–Crippen LogP) is 11.1. The van der Waals surface area contributed by atoms with Crippen LogP contribution in [0, 0.1) is 0 Å². The van der Waals surface area contributed by atoms with Crippen molar-refractivity contribution in [2.75, 3.05) is 37.6 Å². The van der Waals surface area contributed by atoms with Gasteiger partial charge >= 0.3 is 6.09 Å². The first-order valence-electron chi connectivity index (χ1n) is 20.1. The number of benzene rings is 6. The molecular formula is C47H49Cl3N6O6S2. The van der Waals surface area contributed by atoms with Crippen LogP contribution < -0.4 is 15.8 Å². The number of aromatic amines is 2. The molecule has 0 aliphatic rings. The molecule has 1 amide bonds. The number of nitrogens with one attached hydrogen (secondary N) is 4. The van der Waals surface area contributed by atoms with Crippen molar-refractivity contribution in [2.45, 2.75) is 49.0 Å². The van der Waals surface area contributed by atoms with Crippen molar-refractivity contribution >= 4 is 114 Å². The first kappa shape index (κ1) is 48.0. The van der Waals surface area contributed by atoms with Crippen molar-refractivity contribution in [2.24, 2.45) is 0 Å². The molecule has 0 atom stereocenters. The Morgan fingerprint density at radius 2 is 1.27 bits per heavy atom. The molecule has 8 aromatic rings. The monoisotopic (exact) mass is 962 g/mol. The van der Waals surface area contributed by atoms with Crippen LogP contribution in [0.2, 0.25) is 10.0 Å². The number of carbonyl (C=O) groups is 1. The summed E-state index contributed by atoms with van der Waals surface area (Å²) in [4.78, 5) is 20.2. The molecule has 0 saturated heterocycles. The second-order valence-electron chi connectivity index (χ2n) is 16.0. The lowest BCUT2D eigenvalue weighted by Crippen LogP contribution is -2.35. The number of amides is 1. The Balaban J connectivity index is 0.000000167. The Kier molecular flexibility index (Phi) is 15.1. The standard InChI is InChI=1S/C21H20ClN3O2S.C16H23N3O2.C10H6Cl2O2S/c1-23-10-9-15-13-24-21-8-5-16(12-19(15)21)25-28(26,27)17-6-7-18-14(11-17)3-2-4-20(18)22;1-16(2,3)21-15(20)19(4)8-7-11-10-18-14-6-5-12(17)9-13(11)14;11-10-3-1-2-7-6-8(15(12,13)14)4-5-9(7)10/h2-8,11-13,23-25H,9-10H2,1H3;5-6,9-10,18H,7-8,17H2,1-4H3;1-6H. The van der Waals surface area contributed by atoms with Crippen LogP contribution in [0.25, 0.3) is 43.4 Å². The van der Waals surface area contributed by atoms with Gasteiger partial charge in [0.15, 0.2) is 0 Å². The number of carbonyl (C=O) groups excluding carboxylic acids is 1. The van der Waals surface area contributed by atoms with Gasteiger partial charge in [-0.1, -0.05) is 59.6 Å². The van der Waals surface area contributed by atoms with E-state index >= 15 is 0 Å². The summed E-state index contributed by atoms with van der Waals surface area (Å²) in [5.74, 6) is 0. The zero-order valence-electron chi connectivity index (χ0n) is 35.8. The van der Waals surface area contributed by atoms with Crippen molar-refractivity contribution in [3.63, 3.8) is 0 Å². The molecule has 0 aliphatic heterocycles. The molecule has 6 N–H and O–H groups in total. The quantitative estimate of drug-likeness (QED) is 0.0663. The molecular weight excluding hydrogens is 915 g/mol. The van der Waals surface area contributed by atoms with Gasteiger partial charge in [0.1, 0.15) is 5.60 Å². The van der Waals surface area contributed by atoms with E-state index in [1.165, 1.54) is 12.1 Å². The molecule has 17 heteroatoms. The third-order valence-corrected chi connectivity index (χ3v) is 13.5. The van der Waals surface area contributed by atoms with E-state index < -0.39 is 24.7 Å². The van der Waals surface area contributed by atoms with Crippen molar-refractivity contribution in [1.29, 1.82) is 0 Å². The average molecular weight is 964 g/mol. The highest BCUT2D eigenvalue weighted by Crippen LogP contribution is 2.30. The summed E-state index contributed by atoms with van der Waals surface area (Å²) in [6, 6.07) is 31.6. The van der Waals surface area contributed by atoms with E-state index in [2.05, 4.69) is 20.0 Å². The summed E-state index contributed by atoms with van der Waals surface area (Å²) in [5.41, 5.74) is 11.0. The second kappa shape index (κ2) is 20.1. The number of halogens is 3. The van der Waals surface area contributed by atoms with Gasteiger partial charge in [0.2, 0.25) is 0 Å². The number of rotatable bonds is 10. The van der Waals surface area contributed by atoms with E-state index in [1.54, 1.807) is 72.6 Å². The van der Waals surface area contributed by atoms with Crippen molar-refractivity contribution < 1.29 is 26.4 Å². The summed E-state index contributed by atoms with van der Waals surface area (Å²) in [6.07, 6.45) is 5.24. The topological polar surface area (TPSA) is 179 Å². The number of nitrogens with zero attached hydrogens (tertiary/aromatic N) is 1. The molecule has 0 saturated carbocycles. The molecule has 2 aromatic heterocycles. The number of sulfonamides is 1. The smallest absolute Gasteiger partial charge is 0.410 e. The van der Waals surface area contributed by atoms with Crippen molar-refractivity contribution in [1.82, 2.24) is 20.2 Å². The first-order chi connectivity index (χ1) is 30.2. The molecule has 2 heterocycles. The molecule has 64 heavy (non-hydrogen) atoms. The molecule has 0 fully saturated rings. The van der Waals surface area contributed by atoms with Crippen LogP contribution in [0.4, 0.5) is 16.2 Å². The number of hydrogen-bond donors (Lipinski definition) is 5. The highest BCUT2D eigenvalue weighted by molar-refractivity contribution is 8.13. The fourth-order valence-electron chi connectivity index (χ4n) is 6.81. The highest BCUT2D eigenvalue weighted by atomic mass is 35.7. The van der Waals surface area contributed by atoms with E-state index in [0.29, 0.717) is 22.3 Å². The zero-order chi connectivity index (χ0) is 46.4. The maximum absolute atomic E-state index is 12.9. The Morgan fingerprint density at radius 3 is 1.84 bits per heavy atom. The number of likely N-dealkylation sites (N-methyl/N-ethyl adjacent to an activating group) is 2. The van der Waals surface area contributed by atoms with E-state index in [1.807, 2.05) is 76.6 Å². The van der Waals surface area contributed by atoms with E-state index in [9.17, 15) is 21.6 Å². The highest BCUT2D eigenvalue weighted by Gasteiger charge is 2.20. The minimum absolute atomic E-state index is 0.0823. The van der Waals surface area contributed by atoms with Crippen molar-refractivity contribution in [3.8, 4) is 0 Å². The lowest BCUT2D eigenvalue weighted by molar-refractivity contribution is 0.0300. The molecule has 12 nitrogen and oxygen atoms in total. The molecule has 8 rings (SSSR count). The van der Waals surface area contributed by atoms with Gasteiger partial charge in [-0.15, -0.1) is 0 Å². The van der Waals surface area contributed by atoms with Gasteiger partial charge in [-0.3, -0.25) is 4.72 Å². The van der Waals surface area contributed by atoms with Gasteiger partial charge in [0.05, 0.1) is 9.79 Å². The molecule has 0 bridgehead atoms. The lowest BCUT2D eigenvalue weighted by atomic mass is 10.1. The number of aromatic nitrogens is 2. The van der Waals surface area contributed by atoms with E-state index in [-0.39, 0.29) is 15.9 Å². The van der Waals surface area contributed by atoms with Crippen LogP contribution >= 0.6 is 33.9 Å². The van der Waals surface area contributed by atoms with Gasteiger partial charge in [-0.05, 0) is 142 Å². The number of ether oxygens (including phenoxy) is 1. The van der Waals surface area contributed by atoms with Gasteiger partial charge < -0.3 is 30.7 Å². The summed E-state index contributed by atoms with van der Waals surface area (Å²) in [7, 11) is 1.50. The van der Waals surface area contributed by atoms with E-state index in [4.69, 9.17) is 44.4 Å². The Hall–Kier alpha value is -5.48. The number of nitrogen functional groups attached to an aromatic ring is 1. The SMILES string of the molecule is CN(CCc1c[nH]c2ccc(N)cc12)C(=O)OC(C)(C)C.CNCCc1c[nH]c2ccc(NS(=O)(=O)c3ccc4c(Cl)cccc4c3)cc12.O=S(=O)(Cl)c1ccc2c(Cl)cccc2c1. The molecule has 0 spiro atoms. The third-order valence-electron chi connectivity index (χ3n) is 10.1. The van der Waals surface area contributed by atoms with Crippen LogP contribution in [0.3, 0.4) is 0 Å². The minimum Gasteiger partial charge on any atom is -0.444 e. The Morgan fingerprint density at radius 1 is 0.719 bits per heavy atom. The van der Waals surface area contributed by atoms with Crippen LogP contribution in [-0.2, 0) is 36.7 Å². The lowest BCUT2D eigenvalue weighted by Gasteiger charge is -2.24. The molecule has 6 aromatic carbocycles. The number of anilines is 2. The van der Waals surface area contributed by atoms with Gasteiger partial charge in [-0.25, -0.2) is 21.6 Å². The van der Waals surface area contributed by atoms with Gasteiger partial charge in [0.25, 0.3) is 19.1 Å². The van der Waals surface area contributed by atoms with Crippen LogP contribution in [0.1, 0.15) is 31.9 Å². The largest absolute Gasteiger partial charge is 0.444 e. The Labute approximate surface area is 387 Å². The summed E-state index contributed by atoms with van der Waals surface area (Å²) < 4.78 is 56.0. The van der Waals surface area contributed by atoms with E-state index in [0.717, 1.165) is 79.6 Å². The van der Waals surface area contributed by atoms with Crippen LogP contribution in [0.15, 0.2) is 131 Å². The fourth-order valence-corrected chi connectivity index (χ4v) is 9.17. The summed E-state index contributed by atoms with van der Waals surface area (Å²) in [6.45, 7) is 7.03. The molecule has 0 radical (unpaired) electrons. The second-order valence-corrected chi connectivity index (χ2v) is 21.1.